The number of nitrogen functional groups attached to an aromatic ring is 1. The van der Waals surface area contributed by atoms with Crippen molar-refractivity contribution in [1.82, 2.24) is 19.4 Å². The Balaban J connectivity index is 2.26. The maximum atomic E-state index is 12.9. The van der Waals surface area contributed by atoms with Crippen LogP contribution in [-0.4, -0.2) is 27.8 Å². The summed E-state index contributed by atoms with van der Waals surface area (Å²) in [6.07, 6.45) is 0. The van der Waals surface area contributed by atoms with Crippen LogP contribution in [0.5, 0.6) is 0 Å². The van der Waals surface area contributed by atoms with Crippen LogP contribution >= 0.6 is 0 Å². The molecule has 0 spiro atoms. The molecule has 2 aromatic heterocycles. The summed E-state index contributed by atoms with van der Waals surface area (Å²) >= 11 is 0. The van der Waals surface area contributed by atoms with E-state index in [0.717, 1.165) is 4.09 Å². The Morgan fingerprint density at radius 2 is 1.86 bits per heavy atom. The molecule has 114 valence electrons. The zero-order valence-corrected chi connectivity index (χ0v) is 12.9. The topological polar surface area (TPSA) is 107 Å². The molecule has 0 aliphatic rings. The molecule has 1 aromatic carbocycles. The van der Waals surface area contributed by atoms with Crippen LogP contribution in [0.25, 0.3) is 11.3 Å². The van der Waals surface area contributed by atoms with Gasteiger partial charge in [-0.2, -0.15) is 17.6 Å². The van der Waals surface area contributed by atoms with Crippen LogP contribution in [0.3, 0.4) is 0 Å². The number of aryl methyl sites for hydroxylation is 2. The zero-order valence-electron chi connectivity index (χ0n) is 12.1. The first kappa shape index (κ1) is 14.3. The van der Waals surface area contributed by atoms with E-state index in [1.54, 1.807) is 26.0 Å². The Labute approximate surface area is 127 Å². The summed E-state index contributed by atoms with van der Waals surface area (Å²) in [5.41, 5.74) is 7.71. The van der Waals surface area contributed by atoms with Crippen LogP contribution in [0.2, 0.25) is 0 Å². The maximum Gasteiger partial charge on any atom is 0.287 e. The van der Waals surface area contributed by atoms with E-state index >= 15 is 0 Å². The Kier molecular flexibility index (Phi) is 3.25. The molecule has 0 fully saturated rings. The zero-order chi connectivity index (χ0) is 15.9. The van der Waals surface area contributed by atoms with Crippen LogP contribution in [0.15, 0.2) is 41.3 Å². The Bertz CT molecular complexity index is 906. The fraction of sp³-hybridized carbons (Fsp3) is 0.143. The molecule has 3 N–H and O–H groups in total. The number of H-pyrrole nitrogens is 1. The van der Waals surface area contributed by atoms with Gasteiger partial charge < -0.3 is 5.73 Å². The van der Waals surface area contributed by atoms with E-state index < -0.39 is 10.0 Å². The summed E-state index contributed by atoms with van der Waals surface area (Å²) in [5, 5.41) is 10.6. The molecule has 0 saturated carbocycles. The fourth-order valence-electron chi connectivity index (χ4n) is 2.38. The monoisotopic (exact) mass is 317 g/mol. The van der Waals surface area contributed by atoms with Gasteiger partial charge in [-0.25, -0.2) is 0 Å². The molecule has 0 atom stereocenters. The molecule has 0 amide bonds. The number of aromatic amines is 1. The first-order chi connectivity index (χ1) is 10.4. The van der Waals surface area contributed by atoms with Crippen LogP contribution in [-0.2, 0) is 10.0 Å². The number of hydrogen-bond donors (Lipinski definition) is 2. The predicted molar refractivity (Wildman–Crippen MR) is 82.7 cm³/mol. The van der Waals surface area contributed by atoms with Crippen molar-refractivity contribution in [2.24, 2.45) is 0 Å². The van der Waals surface area contributed by atoms with Gasteiger partial charge in [0, 0.05) is 11.6 Å². The number of nitrogens with two attached hydrogens (primary N) is 1. The predicted octanol–water partition coefficient (Wildman–Crippen LogP) is 1.71. The average Bonchev–Trinajstić information content (AvgIpc) is 3.03. The smallest absolute Gasteiger partial charge is 0.287 e. The molecule has 0 saturated heterocycles. The quantitative estimate of drug-likeness (QED) is 0.764. The number of rotatable bonds is 3. The summed E-state index contributed by atoms with van der Waals surface area (Å²) < 4.78 is 26.8. The molecule has 3 rings (SSSR count). The van der Waals surface area contributed by atoms with Crippen molar-refractivity contribution in [3.63, 3.8) is 0 Å². The van der Waals surface area contributed by atoms with Gasteiger partial charge in [0.1, 0.15) is 10.7 Å². The van der Waals surface area contributed by atoms with Crippen molar-refractivity contribution >= 4 is 15.8 Å². The van der Waals surface area contributed by atoms with Crippen molar-refractivity contribution in [2.45, 2.75) is 18.7 Å². The minimum atomic E-state index is -3.88. The summed E-state index contributed by atoms with van der Waals surface area (Å²) in [6, 6.07) is 10.6. The number of hydrogen-bond acceptors (Lipinski definition) is 5. The minimum Gasteiger partial charge on any atom is -0.382 e. The average molecular weight is 317 g/mol. The molecule has 0 unspecified atom stereocenters. The lowest BCUT2D eigenvalue weighted by molar-refractivity contribution is 0.580. The second-order valence-corrected chi connectivity index (χ2v) is 6.64. The van der Waals surface area contributed by atoms with E-state index in [0.29, 0.717) is 22.6 Å². The molecule has 0 bridgehead atoms. The molecule has 22 heavy (non-hydrogen) atoms. The van der Waals surface area contributed by atoms with Crippen LogP contribution in [0.1, 0.15) is 11.4 Å². The molecule has 3 aromatic rings. The summed E-state index contributed by atoms with van der Waals surface area (Å²) in [4.78, 5) is 0.118. The van der Waals surface area contributed by atoms with Gasteiger partial charge in [0.05, 0.1) is 17.1 Å². The third-order valence-electron chi connectivity index (χ3n) is 3.31. The molecule has 7 nitrogen and oxygen atoms in total. The fourth-order valence-corrected chi connectivity index (χ4v) is 4.02. The van der Waals surface area contributed by atoms with Crippen molar-refractivity contribution in [3.05, 3.63) is 47.8 Å². The SMILES string of the molecule is Cc1n[nH]c(C)c1S(=O)(=O)n1nc(N)cc1-c1ccccc1. The first-order valence-corrected chi connectivity index (χ1v) is 8.03. The largest absolute Gasteiger partial charge is 0.382 e. The normalized spacial score (nSPS) is 11.7. The van der Waals surface area contributed by atoms with E-state index in [1.165, 1.54) is 6.07 Å². The number of nitrogens with zero attached hydrogens (tertiary/aromatic N) is 3. The summed E-state index contributed by atoms with van der Waals surface area (Å²) in [7, 11) is -3.88. The highest BCUT2D eigenvalue weighted by Crippen LogP contribution is 2.27. The minimum absolute atomic E-state index is 0.118. The molecule has 2 heterocycles. The lowest BCUT2D eigenvalue weighted by Gasteiger charge is -2.08. The van der Waals surface area contributed by atoms with Crippen molar-refractivity contribution < 1.29 is 8.42 Å². The summed E-state index contributed by atoms with van der Waals surface area (Å²) in [6.45, 7) is 3.29. The molecule has 8 heteroatoms. The second-order valence-electron chi connectivity index (χ2n) is 4.93. The molecule has 0 radical (unpaired) electrons. The van der Waals surface area contributed by atoms with Gasteiger partial charge in [-0.3, -0.25) is 5.10 Å². The third-order valence-corrected chi connectivity index (χ3v) is 5.16. The standard InChI is InChI=1S/C14H15N5O2S/c1-9-14(10(2)17-16-9)22(20,21)19-12(8-13(15)18-19)11-6-4-3-5-7-11/h3-8H,1-2H3,(H2,15,18)(H,16,17). The van der Waals surface area contributed by atoms with Crippen LogP contribution < -0.4 is 5.73 Å². The Morgan fingerprint density at radius 3 is 2.45 bits per heavy atom. The van der Waals surface area contributed by atoms with Crippen molar-refractivity contribution in [1.29, 1.82) is 0 Å². The molecular weight excluding hydrogens is 302 g/mol. The number of nitrogens with one attached hydrogen (secondary N) is 1. The Morgan fingerprint density at radius 1 is 1.18 bits per heavy atom. The summed E-state index contributed by atoms with van der Waals surface area (Å²) in [5.74, 6) is 0.140. The van der Waals surface area contributed by atoms with Gasteiger partial charge in [-0.05, 0) is 13.8 Å². The van der Waals surface area contributed by atoms with Gasteiger partial charge in [-0.15, -0.1) is 5.10 Å². The van der Waals surface area contributed by atoms with E-state index in [-0.39, 0.29) is 10.7 Å². The first-order valence-electron chi connectivity index (χ1n) is 6.59. The molecule has 0 aliphatic carbocycles. The van der Waals surface area contributed by atoms with Gasteiger partial charge in [0.15, 0.2) is 0 Å². The van der Waals surface area contributed by atoms with Crippen LogP contribution in [0, 0.1) is 13.8 Å². The van der Waals surface area contributed by atoms with Gasteiger partial charge in [0.25, 0.3) is 10.0 Å². The number of aromatic nitrogens is 4. The third kappa shape index (κ3) is 2.17. The lowest BCUT2D eigenvalue weighted by atomic mass is 10.2. The Hall–Kier alpha value is -2.61. The highest BCUT2D eigenvalue weighted by Gasteiger charge is 2.28. The van der Waals surface area contributed by atoms with Gasteiger partial charge in [0.2, 0.25) is 0 Å². The van der Waals surface area contributed by atoms with E-state index in [9.17, 15) is 8.42 Å². The van der Waals surface area contributed by atoms with Crippen molar-refractivity contribution in [2.75, 3.05) is 5.73 Å². The highest BCUT2D eigenvalue weighted by atomic mass is 32.2. The van der Waals surface area contributed by atoms with Gasteiger partial charge >= 0.3 is 0 Å². The van der Waals surface area contributed by atoms with Gasteiger partial charge in [-0.1, -0.05) is 30.3 Å². The van der Waals surface area contributed by atoms with Crippen LogP contribution in [0.4, 0.5) is 5.82 Å². The number of benzene rings is 1. The van der Waals surface area contributed by atoms with E-state index in [1.807, 2.05) is 18.2 Å². The van der Waals surface area contributed by atoms with E-state index in [2.05, 4.69) is 15.3 Å². The van der Waals surface area contributed by atoms with Crippen molar-refractivity contribution in [3.8, 4) is 11.3 Å². The van der Waals surface area contributed by atoms with E-state index in [4.69, 9.17) is 5.73 Å². The molecular formula is C14H15N5O2S. The maximum absolute atomic E-state index is 12.9. The second kappa shape index (κ2) is 4.99. The highest BCUT2D eigenvalue weighted by molar-refractivity contribution is 7.90. The molecule has 0 aliphatic heterocycles. The lowest BCUT2D eigenvalue weighted by Crippen LogP contribution is -2.17. The number of anilines is 1.